The molecular weight excluding hydrogens is 242 g/mol. The van der Waals surface area contributed by atoms with Gasteiger partial charge in [0.1, 0.15) is 11.8 Å². The first kappa shape index (κ1) is 11.4. The first-order valence-corrected chi connectivity index (χ1v) is 5.83. The summed E-state index contributed by atoms with van der Waals surface area (Å²) in [6, 6.07) is 0. The molecule has 0 atom stereocenters. The molecule has 0 aromatic carbocycles. The normalized spacial score (nSPS) is 13.2. The van der Waals surface area contributed by atoms with Gasteiger partial charge in [-0.2, -0.15) is 0 Å². The minimum absolute atomic E-state index is 0.0499. The lowest BCUT2D eigenvalue weighted by Crippen LogP contribution is -2.06. The summed E-state index contributed by atoms with van der Waals surface area (Å²) >= 11 is 0. The predicted molar refractivity (Wildman–Crippen MR) is 70.1 cm³/mol. The van der Waals surface area contributed by atoms with Crippen LogP contribution < -0.4 is 5.73 Å². The number of hydrogen-bond donors (Lipinski definition) is 1. The van der Waals surface area contributed by atoms with E-state index in [1.54, 1.807) is 29.1 Å². The summed E-state index contributed by atoms with van der Waals surface area (Å²) in [5, 5.41) is 0. The lowest BCUT2D eigenvalue weighted by atomic mass is 10.1. The number of nitrogens with zero attached hydrogens (tertiary/aromatic N) is 4. The maximum atomic E-state index is 11.9. The number of nitrogen functional groups attached to an aromatic ring is 1. The van der Waals surface area contributed by atoms with Crippen molar-refractivity contribution >= 4 is 22.8 Å². The Hall–Kier alpha value is -2.72. The number of carbonyl (C=O) groups excluding carboxylic acids is 1. The number of Topliss-reactive ketones (excluding diaryl/α,β-unsaturated/α-hetero) is 1. The highest BCUT2D eigenvalue weighted by Gasteiger charge is 2.11. The molecule has 2 aromatic heterocycles. The number of ketones is 1. The van der Waals surface area contributed by atoms with Gasteiger partial charge in [-0.25, -0.2) is 15.0 Å². The number of nitrogens with two attached hydrogens (primary N) is 1. The van der Waals surface area contributed by atoms with Crippen LogP contribution in [0.3, 0.4) is 0 Å². The van der Waals surface area contributed by atoms with Crippen molar-refractivity contribution in [3.8, 4) is 0 Å². The van der Waals surface area contributed by atoms with Gasteiger partial charge in [0.25, 0.3) is 0 Å². The number of imidazole rings is 1. The Labute approximate surface area is 109 Å². The molecule has 2 aromatic rings. The predicted octanol–water partition coefficient (Wildman–Crippen LogP) is 1.02. The smallest absolute Gasteiger partial charge is 0.172 e. The molecule has 6 nitrogen and oxygen atoms in total. The third-order valence-electron chi connectivity index (χ3n) is 2.91. The molecule has 0 radical (unpaired) electrons. The third kappa shape index (κ3) is 2.05. The van der Waals surface area contributed by atoms with E-state index in [4.69, 9.17) is 5.73 Å². The van der Waals surface area contributed by atoms with Crippen LogP contribution in [0.1, 0.15) is 6.42 Å². The molecular formula is C13H11N5O. The third-order valence-corrected chi connectivity index (χ3v) is 2.91. The van der Waals surface area contributed by atoms with Gasteiger partial charge in [0, 0.05) is 13.0 Å². The molecule has 0 unspecified atom stereocenters. The topological polar surface area (TPSA) is 86.7 Å². The summed E-state index contributed by atoms with van der Waals surface area (Å²) in [6.45, 7) is 0.505. The Morgan fingerprint density at radius 1 is 1.37 bits per heavy atom. The van der Waals surface area contributed by atoms with Gasteiger partial charge in [-0.3, -0.25) is 4.79 Å². The van der Waals surface area contributed by atoms with Gasteiger partial charge in [-0.15, -0.1) is 5.73 Å². The Balaban J connectivity index is 1.79. The molecule has 1 aliphatic carbocycles. The number of allylic oxidation sites excluding steroid dienone is 3. The summed E-state index contributed by atoms with van der Waals surface area (Å²) in [5.74, 6) is 0.397. The van der Waals surface area contributed by atoms with Crippen molar-refractivity contribution in [2.75, 3.05) is 5.73 Å². The van der Waals surface area contributed by atoms with E-state index in [9.17, 15) is 4.79 Å². The minimum Gasteiger partial charge on any atom is -0.382 e. The van der Waals surface area contributed by atoms with Crippen LogP contribution in [0.25, 0.3) is 11.2 Å². The van der Waals surface area contributed by atoms with Crippen LogP contribution in [-0.4, -0.2) is 25.3 Å². The van der Waals surface area contributed by atoms with Gasteiger partial charge in [-0.1, -0.05) is 6.08 Å². The molecule has 0 aliphatic heterocycles. The quantitative estimate of drug-likeness (QED) is 0.822. The van der Waals surface area contributed by atoms with E-state index in [2.05, 4.69) is 20.7 Å². The lowest BCUT2D eigenvalue weighted by molar-refractivity contribution is -0.115. The highest BCUT2D eigenvalue weighted by Crippen LogP contribution is 2.15. The van der Waals surface area contributed by atoms with Crippen molar-refractivity contribution in [1.29, 1.82) is 0 Å². The maximum absolute atomic E-state index is 11.9. The summed E-state index contributed by atoms with van der Waals surface area (Å²) < 4.78 is 1.80. The van der Waals surface area contributed by atoms with Crippen molar-refractivity contribution < 1.29 is 4.79 Å². The average Bonchev–Trinajstić information content (AvgIpc) is 3.06. The molecule has 0 fully saturated rings. The van der Waals surface area contributed by atoms with Gasteiger partial charge in [0.15, 0.2) is 17.2 Å². The molecule has 0 saturated heterocycles. The first-order valence-electron chi connectivity index (χ1n) is 5.83. The zero-order chi connectivity index (χ0) is 13.2. The van der Waals surface area contributed by atoms with Gasteiger partial charge in [0.05, 0.1) is 11.9 Å². The second kappa shape index (κ2) is 4.51. The van der Waals surface area contributed by atoms with Crippen molar-refractivity contribution in [3.05, 3.63) is 42.2 Å². The van der Waals surface area contributed by atoms with E-state index in [1.807, 2.05) is 0 Å². The van der Waals surface area contributed by atoms with E-state index >= 15 is 0 Å². The highest BCUT2D eigenvalue weighted by molar-refractivity contribution is 5.98. The average molecular weight is 253 g/mol. The van der Waals surface area contributed by atoms with Crippen molar-refractivity contribution in [2.24, 2.45) is 0 Å². The summed E-state index contributed by atoms with van der Waals surface area (Å²) in [5.41, 5.74) is 10.4. The fraction of sp³-hybridized carbons (Fsp3) is 0.154. The second-order valence-electron chi connectivity index (χ2n) is 4.13. The van der Waals surface area contributed by atoms with E-state index in [-0.39, 0.29) is 5.78 Å². The largest absolute Gasteiger partial charge is 0.382 e. The number of aryl methyl sites for hydroxylation is 1. The van der Waals surface area contributed by atoms with E-state index < -0.39 is 0 Å². The zero-order valence-corrected chi connectivity index (χ0v) is 10.1. The zero-order valence-electron chi connectivity index (χ0n) is 10.1. The van der Waals surface area contributed by atoms with E-state index in [0.29, 0.717) is 35.5 Å². The molecule has 19 heavy (non-hydrogen) atoms. The van der Waals surface area contributed by atoms with Crippen molar-refractivity contribution in [1.82, 2.24) is 19.5 Å². The minimum atomic E-state index is 0.0499. The summed E-state index contributed by atoms with van der Waals surface area (Å²) in [4.78, 5) is 24.0. The van der Waals surface area contributed by atoms with Crippen molar-refractivity contribution in [3.63, 3.8) is 0 Å². The van der Waals surface area contributed by atoms with Crippen molar-refractivity contribution in [2.45, 2.75) is 13.0 Å². The fourth-order valence-corrected chi connectivity index (χ4v) is 1.92. The molecule has 2 N–H and O–H groups in total. The molecule has 0 saturated carbocycles. The molecule has 0 bridgehead atoms. The Kier molecular flexibility index (Phi) is 2.70. The highest BCUT2D eigenvalue weighted by atomic mass is 16.1. The standard InChI is InChI=1S/C13H11N5O/c14-12-11-13(16-7-15-12)18(8-17-11)6-5-10(19)9-3-1-2-4-9/h1-3,7-8H,5-6H2,(H2,14,15,16). The number of rotatable bonds is 4. The molecule has 0 amide bonds. The van der Waals surface area contributed by atoms with Crippen LogP contribution in [0.4, 0.5) is 5.82 Å². The number of hydrogen-bond acceptors (Lipinski definition) is 5. The van der Waals surface area contributed by atoms with Gasteiger partial charge < -0.3 is 10.3 Å². The van der Waals surface area contributed by atoms with Gasteiger partial charge in [-0.05, 0) is 12.2 Å². The van der Waals surface area contributed by atoms with E-state index in [1.165, 1.54) is 6.33 Å². The fourth-order valence-electron chi connectivity index (χ4n) is 1.92. The lowest BCUT2D eigenvalue weighted by Gasteiger charge is -2.02. The van der Waals surface area contributed by atoms with Crippen LogP contribution in [0.5, 0.6) is 0 Å². The monoisotopic (exact) mass is 253 g/mol. The Morgan fingerprint density at radius 2 is 2.26 bits per heavy atom. The molecule has 2 heterocycles. The van der Waals surface area contributed by atoms with Gasteiger partial charge >= 0.3 is 0 Å². The molecule has 1 aliphatic rings. The molecule has 6 heteroatoms. The Morgan fingerprint density at radius 3 is 3.05 bits per heavy atom. The van der Waals surface area contributed by atoms with Crippen LogP contribution in [0.15, 0.2) is 42.2 Å². The SMILES string of the molecule is Nc1ncnc2c1ncn2CCC(=O)C1=C=CC=C1. The second-order valence-corrected chi connectivity index (χ2v) is 4.13. The van der Waals surface area contributed by atoms with Crippen LogP contribution in [0.2, 0.25) is 0 Å². The number of aromatic nitrogens is 4. The number of anilines is 1. The van der Waals surface area contributed by atoms with E-state index in [0.717, 1.165) is 0 Å². The Bertz CT molecular complexity index is 749. The van der Waals surface area contributed by atoms with Gasteiger partial charge in [0.2, 0.25) is 0 Å². The number of carbonyl (C=O) groups is 1. The molecule has 3 rings (SSSR count). The summed E-state index contributed by atoms with van der Waals surface area (Å²) in [6.07, 6.45) is 8.67. The molecule has 94 valence electrons. The summed E-state index contributed by atoms with van der Waals surface area (Å²) in [7, 11) is 0. The van der Waals surface area contributed by atoms with Crippen LogP contribution >= 0.6 is 0 Å². The number of fused-ring (bicyclic) bond motifs is 1. The van der Waals surface area contributed by atoms with Crippen LogP contribution in [0, 0.1) is 0 Å². The first-order chi connectivity index (χ1) is 9.25. The van der Waals surface area contributed by atoms with Crippen LogP contribution in [-0.2, 0) is 11.3 Å². The maximum Gasteiger partial charge on any atom is 0.172 e. The molecule has 0 spiro atoms.